The molecule has 1 nitrogen and oxygen atoms in total. The fraction of sp³-hybridized carbons (Fsp3) is 0.0625. The van der Waals surface area contributed by atoms with Gasteiger partial charge >= 0.3 is 0 Å². The normalized spacial score (nSPS) is 10.9. The number of rotatable bonds is 2. The smallest absolute Gasteiger partial charge is 0.125 e. The summed E-state index contributed by atoms with van der Waals surface area (Å²) in [5, 5.41) is 0.816. The first-order chi connectivity index (χ1) is 10.0. The van der Waals surface area contributed by atoms with E-state index in [2.05, 4.69) is 36.8 Å². The number of nitrogens with zero attached hydrogens (tertiary/aromatic N) is 1. The Morgan fingerprint density at radius 2 is 1.76 bits per heavy atom. The zero-order valence-electron chi connectivity index (χ0n) is 11.0. The quantitative estimate of drug-likeness (QED) is 0.458. The first-order valence-corrected chi connectivity index (χ1v) is 8.63. The van der Waals surface area contributed by atoms with Crippen molar-refractivity contribution in [3.63, 3.8) is 0 Å². The van der Waals surface area contributed by atoms with Crippen LogP contribution < -0.4 is 0 Å². The van der Waals surface area contributed by atoms with Crippen LogP contribution in [0.4, 0.5) is 4.39 Å². The molecule has 0 atom stereocenters. The Labute approximate surface area is 143 Å². The molecule has 0 amide bonds. The molecule has 0 aliphatic carbocycles. The summed E-state index contributed by atoms with van der Waals surface area (Å²) in [4.78, 5) is 5.80. The average Bonchev–Trinajstić information content (AvgIpc) is 2.84. The van der Waals surface area contributed by atoms with Crippen LogP contribution in [0.25, 0.3) is 21.8 Å². The number of hydrogen-bond donors (Lipinski definition) is 0. The Kier molecular flexibility index (Phi) is 4.24. The van der Waals surface area contributed by atoms with Crippen molar-refractivity contribution < 1.29 is 4.39 Å². The Bertz CT molecular complexity index is 797. The minimum absolute atomic E-state index is 0.258. The summed E-state index contributed by atoms with van der Waals surface area (Å²) in [6.45, 7) is 2.03. The highest BCUT2D eigenvalue weighted by Gasteiger charge is 2.14. The maximum absolute atomic E-state index is 13.5. The van der Waals surface area contributed by atoms with Crippen molar-refractivity contribution in [3.05, 3.63) is 62.1 Å². The van der Waals surface area contributed by atoms with Gasteiger partial charge in [-0.1, -0.05) is 44.0 Å². The van der Waals surface area contributed by atoms with Crippen molar-refractivity contribution >= 4 is 43.2 Å². The number of thiazole rings is 1. The predicted molar refractivity (Wildman–Crippen MR) is 93.1 cm³/mol. The van der Waals surface area contributed by atoms with Gasteiger partial charge in [0.2, 0.25) is 0 Å². The van der Waals surface area contributed by atoms with Crippen LogP contribution in [0.15, 0.2) is 51.4 Å². The third-order valence-corrected chi connectivity index (χ3v) is 5.30. The summed E-state index contributed by atoms with van der Waals surface area (Å²) in [6.07, 6.45) is 0. The summed E-state index contributed by atoms with van der Waals surface area (Å²) >= 11 is 8.46. The molecule has 106 valence electrons. The summed E-state index contributed by atoms with van der Waals surface area (Å²) < 4.78 is 15.3. The van der Waals surface area contributed by atoms with E-state index in [-0.39, 0.29) is 5.82 Å². The molecule has 0 saturated heterocycles. The molecule has 0 unspecified atom stereocenters. The van der Waals surface area contributed by atoms with Crippen LogP contribution in [0.1, 0.15) is 4.88 Å². The highest BCUT2D eigenvalue weighted by atomic mass is 79.9. The van der Waals surface area contributed by atoms with E-state index in [1.807, 2.05) is 31.2 Å². The van der Waals surface area contributed by atoms with Crippen molar-refractivity contribution in [2.24, 2.45) is 0 Å². The van der Waals surface area contributed by atoms with Crippen LogP contribution in [-0.2, 0) is 0 Å². The molecule has 3 rings (SSSR count). The lowest BCUT2D eigenvalue weighted by Crippen LogP contribution is -1.83. The first kappa shape index (κ1) is 14.9. The van der Waals surface area contributed by atoms with Crippen LogP contribution >= 0.6 is 43.2 Å². The fourth-order valence-corrected chi connectivity index (χ4v) is 3.84. The molecular formula is C16H10Br2FNS. The van der Waals surface area contributed by atoms with Gasteiger partial charge in [0, 0.05) is 24.9 Å². The van der Waals surface area contributed by atoms with E-state index in [9.17, 15) is 4.39 Å². The zero-order chi connectivity index (χ0) is 15.0. The van der Waals surface area contributed by atoms with Crippen molar-refractivity contribution in [2.75, 3.05) is 0 Å². The van der Waals surface area contributed by atoms with Crippen LogP contribution in [0.3, 0.4) is 0 Å². The third-order valence-electron chi connectivity index (χ3n) is 3.07. The highest BCUT2D eigenvalue weighted by Crippen LogP contribution is 2.37. The Morgan fingerprint density at radius 3 is 2.48 bits per heavy atom. The molecule has 0 fully saturated rings. The van der Waals surface area contributed by atoms with E-state index in [0.717, 1.165) is 35.7 Å². The van der Waals surface area contributed by atoms with Gasteiger partial charge in [-0.15, -0.1) is 11.3 Å². The Hall–Kier alpha value is -1.04. The van der Waals surface area contributed by atoms with Crippen LogP contribution in [0.2, 0.25) is 0 Å². The van der Waals surface area contributed by atoms with Gasteiger partial charge in [0.1, 0.15) is 10.8 Å². The van der Waals surface area contributed by atoms with Crippen molar-refractivity contribution in [2.45, 2.75) is 6.92 Å². The second kappa shape index (κ2) is 5.99. The molecule has 0 aliphatic heterocycles. The van der Waals surface area contributed by atoms with Crippen LogP contribution in [-0.4, -0.2) is 4.98 Å². The SMILES string of the molecule is Cc1sc(-c2cc(F)ccc2Br)nc1-c1ccc(Br)cc1. The molecule has 0 saturated carbocycles. The molecule has 2 aromatic carbocycles. The molecule has 0 spiro atoms. The number of aromatic nitrogens is 1. The molecule has 0 radical (unpaired) electrons. The maximum atomic E-state index is 13.5. The van der Waals surface area contributed by atoms with E-state index in [4.69, 9.17) is 0 Å². The number of aryl methyl sites for hydroxylation is 1. The molecule has 1 heterocycles. The van der Waals surface area contributed by atoms with Crippen molar-refractivity contribution in [1.82, 2.24) is 4.98 Å². The van der Waals surface area contributed by atoms with Gasteiger partial charge in [-0.2, -0.15) is 0 Å². The largest absolute Gasteiger partial charge is 0.236 e. The second-order valence-electron chi connectivity index (χ2n) is 4.55. The van der Waals surface area contributed by atoms with Gasteiger partial charge in [0.25, 0.3) is 0 Å². The Balaban J connectivity index is 2.09. The Morgan fingerprint density at radius 1 is 1.05 bits per heavy atom. The lowest BCUT2D eigenvalue weighted by atomic mass is 10.1. The lowest BCUT2D eigenvalue weighted by molar-refractivity contribution is 0.628. The average molecular weight is 427 g/mol. The number of halogens is 3. The molecular weight excluding hydrogens is 417 g/mol. The van der Waals surface area contributed by atoms with Crippen LogP contribution in [0.5, 0.6) is 0 Å². The molecule has 0 bridgehead atoms. The second-order valence-corrected chi connectivity index (χ2v) is 7.53. The summed E-state index contributed by atoms with van der Waals surface area (Å²) in [7, 11) is 0. The number of benzene rings is 2. The predicted octanol–water partition coefficient (Wildman–Crippen LogP) is 6.45. The first-order valence-electron chi connectivity index (χ1n) is 6.23. The zero-order valence-corrected chi connectivity index (χ0v) is 15.0. The monoisotopic (exact) mass is 425 g/mol. The van der Waals surface area contributed by atoms with Crippen molar-refractivity contribution in [3.8, 4) is 21.8 Å². The standard InChI is InChI=1S/C16H10Br2FNS/c1-9-15(10-2-4-11(17)5-3-10)20-16(21-9)13-8-12(19)6-7-14(13)18/h2-8H,1H3. The van der Waals surface area contributed by atoms with E-state index < -0.39 is 0 Å². The number of hydrogen-bond acceptors (Lipinski definition) is 2. The van der Waals surface area contributed by atoms with E-state index in [1.54, 1.807) is 17.4 Å². The maximum Gasteiger partial charge on any atom is 0.125 e. The minimum atomic E-state index is -0.258. The van der Waals surface area contributed by atoms with E-state index >= 15 is 0 Å². The topological polar surface area (TPSA) is 12.9 Å². The van der Waals surface area contributed by atoms with Crippen molar-refractivity contribution in [1.29, 1.82) is 0 Å². The molecule has 1 aromatic heterocycles. The summed E-state index contributed by atoms with van der Waals surface area (Å²) in [5.41, 5.74) is 2.79. The molecule has 21 heavy (non-hydrogen) atoms. The van der Waals surface area contributed by atoms with Gasteiger partial charge in [-0.25, -0.2) is 9.37 Å². The highest BCUT2D eigenvalue weighted by molar-refractivity contribution is 9.10. The molecule has 0 aliphatic rings. The summed E-state index contributed by atoms with van der Waals surface area (Å²) in [5.74, 6) is -0.258. The molecule has 0 N–H and O–H groups in total. The molecule has 3 aromatic rings. The van der Waals surface area contributed by atoms with Gasteiger partial charge < -0.3 is 0 Å². The molecule has 5 heteroatoms. The van der Waals surface area contributed by atoms with Gasteiger partial charge in [0.15, 0.2) is 0 Å². The minimum Gasteiger partial charge on any atom is -0.236 e. The van der Waals surface area contributed by atoms with E-state index in [0.29, 0.717) is 0 Å². The van der Waals surface area contributed by atoms with E-state index in [1.165, 1.54) is 12.1 Å². The van der Waals surface area contributed by atoms with Gasteiger partial charge in [-0.3, -0.25) is 0 Å². The fourth-order valence-electron chi connectivity index (χ4n) is 2.05. The summed E-state index contributed by atoms with van der Waals surface area (Å²) in [6, 6.07) is 12.7. The van der Waals surface area contributed by atoms with Gasteiger partial charge in [-0.05, 0) is 37.3 Å². The third kappa shape index (κ3) is 3.10. The van der Waals surface area contributed by atoms with Gasteiger partial charge in [0.05, 0.1) is 5.69 Å². The van der Waals surface area contributed by atoms with Crippen LogP contribution in [0, 0.1) is 12.7 Å². The lowest BCUT2D eigenvalue weighted by Gasteiger charge is -2.01.